The highest BCUT2D eigenvalue weighted by atomic mass is 32.1. The zero-order chi connectivity index (χ0) is 14.8. The largest absolute Gasteiger partial charge is 0.469 e. The molecule has 0 aliphatic rings. The smallest absolute Gasteiger partial charge is 0.305 e. The molecule has 0 radical (unpaired) electrons. The highest BCUT2D eigenvalue weighted by molar-refractivity contribution is 7.08. The summed E-state index contributed by atoms with van der Waals surface area (Å²) >= 11 is 1.14. The van der Waals surface area contributed by atoms with Crippen LogP contribution in [0.1, 0.15) is 54.4 Å². The average Bonchev–Trinajstić information content (AvgIpc) is 2.90. The zero-order valence-corrected chi connectivity index (χ0v) is 12.8. The van der Waals surface area contributed by atoms with E-state index in [2.05, 4.69) is 19.6 Å². The fraction of sp³-hybridized carbons (Fsp3) is 0.692. The van der Waals surface area contributed by atoms with Gasteiger partial charge in [0.05, 0.1) is 12.8 Å². The van der Waals surface area contributed by atoms with Gasteiger partial charge in [0.25, 0.3) is 5.91 Å². The average molecular weight is 299 g/mol. The fourth-order valence-electron chi connectivity index (χ4n) is 1.74. The summed E-state index contributed by atoms with van der Waals surface area (Å²) in [6.07, 6.45) is 4.67. The van der Waals surface area contributed by atoms with Crippen LogP contribution in [-0.2, 0) is 16.0 Å². The Morgan fingerprint density at radius 2 is 2.10 bits per heavy atom. The van der Waals surface area contributed by atoms with Gasteiger partial charge in [0.15, 0.2) is 0 Å². The van der Waals surface area contributed by atoms with Crippen molar-refractivity contribution in [2.75, 3.05) is 13.7 Å². The minimum atomic E-state index is -0.186. The lowest BCUT2D eigenvalue weighted by molar-refractivity contribution is -0.140. The normalized spacial score (nSPS) is 10.3. The van der Waals surface area contributed by atoms with Crippen LogP contribution in [0.5, 0.6) is 0 Å². The van der Waals surface area contributed by atoms with Crippen molar-refractivity contribution in [1.29, 1.82) is 0 Å². The number of aromatic nitrogens is 2. The summed E-state index contributed by atoms with van der Waals surface area (Å²) in [4.78, 5) is 23.4. The summed E-state index contributed by atoms with van der Waals surface area (Å²) in [5.74, 6) is -0.287. The quantitative estimate of drug-likeness (QED) is 0.557. The third kappa shape index (κ3) is 5.64. The summed E-state index contributed by atoms with van der Waals surface area (Å²) in [5, 5.41) is 6.83. The first-order valence-electron chi connectivity index (χ1n) is 6.85. The molecular formula is C13H21N3O3S. The number of ether oxygens (including phenoxy) is 1. The van der Waals surface area contributed by atoms with Gasteiger partial charge in [-0.25, -0.2) is 0 Å². The van der Waals surface area contributed by atoms with Gasteiger partial charge in [-0.3, -0.25) is 9.59 Å². The first-order valence-corrected chi connectivity index (χ1v) is 7.62. The van der Waals surface area contributed by atoms with Crippen LogP contribution in [0.3, 0.4) is 0 Å². The predicted molar refractivity (Wildman–Crippen MR) is 76.7 cm³/mol. The van der Waals surface area contributed by atoms with Crippen molar-refractivity contribution in [3.8, 4) is 0 Å². The Hall–Kier alpha value is -1.50. The van der Waals surface area contributed by atoms with Crippen LogP contribution < -0.4 is 5.32 Å². The van der Waals surface area contributed by atoms with E-state index in [0.29, 0.717) is 17.8 Å². The SMILES string of the molecule is CCCc1nnsc1C(=O)NCCCCCC(=O)OC. The van der Waals surface area contributed by atoms with Crippen LogP contribution in [0.4, 0.5) is 0 Å². The van der Waals surface area contributed by atoms with Crippen LogP contribution >= 0.6 is 11.5 Å². The Kier molecular flexibility index (Phi) is 7.79. The van der Waals surface area contributed by atoms with Crippen LogP contribution in [0.25, 0.3) is 0 Å². The zero-order valence-electron chi connectivity index (χ0n) is 12.0. The molecule has 1 N–H and O–H groups in total. The summed E-state index contributed by atoms with van der Waals surface area (Å²) < 4.78 is 8.39. The number of nitrogens with zero attached hydrogens (tertiary/aromatic N) is 2. The van der Waals surface area contributed by atoms with Crippen molar-refractivity contribution in [1.82, 2.24) is 14.9 Å². The summed E-state index contributed by atoms with van der Waals surface area (Å²) in [6, 6.07) is 0. The van der Waals surface area contributed by atoms with E-state index in [0.717, 1.165) is 49.3 Å². The third-order valence-corrected chi connectivity index (χ3v) is 3.59. The van der Waals surface area contributed by atoms with E-state index >= 15 is 0 Å². The fourth-order valence-corrected chi connectivity index (χ4v) is 2.36. The number of hydrogen-bond acceptors (Lipinski definition) is 6. The molecule has 0 aliphatic carbocycles. The molecule has 0 saturated heterocycles. The van der Waals surface area contributed by atoms with Gasteiger partial charge < -0.3 is 10.1 Å². The van der Waals surface area contributed by atoms with Gasteiger partial charge in [0, 0.05) is 13.0 Å². The number of carbonyl (C=O) groups excluding carboxylic acids is 2. The number of unbranched alkanes of at least 4 members (excludes halogenated alkanes) is 2. The lowest BCUT2D eigenvalue weighted by Gasteiger charge is -2.04. The number of carbonyl (C=O) groups is 2. The molecule has 1 amide bonds. The molecule has 0 unspecified atom stereocenters. The van der Waals surface area contributed by atoms with Gasteiger partial charge in [0.1, 0.15) is 4.88 Å². The second-order valence-electron chi connectivity index (χ2n) is 4.44. The number of methoxy groups -OCH3 is 1. The molecule has 20 heavy (non-hydrogen) atoms. The van der Waals surface area contributed by atoms with Gasteiger partial charge in [-0.15, -0.1) is 5.10 Å². The number of rotatable bonds is 9. The van der Waals surface area contributed by atoms with Gasteiger partial charge >= 0.3 is 5.97 Å². The topological polar surface area (TPSA) is 81.2 Å². The number of amides is 1. The van der Waals surface area contributed by atoms with E-state index in [1.54, 1.807) is 0 Å². The second kappa shape index (κ2) is 9.41. The van der Waals surface area contributed by atoms with Crippen molar-refractivity contribution in [2.45, 2.75) is 45.4 Å². The van der Waals surface area contributed by atoms with Gasteiger partial charge in [-0.2, -0.15) is 0 Å². The minimum Gasteiger partial charge on any atom is -0.469 e. The molecule has 0 saturated carbocycles. The maximum absolute atomic E-state index is 11.9. The number of nitrogens with one attached hydrogen (secondary N) is 1. The van der Waals surface area contributed by atoms with Crippen LogP contribution in [0, 0.1) is 0 Å². The van der Waals surface area contributed by atoms with Crippen LogP contribution in [0.2, 0.25) is 0 Å². The highest BCUT2D eigenvalue weighted by Crippen LogP contribution is 2.12. The Balaban J connectivity index is 2.20. The van der Waals surface area contributed by atoms with E-state index in [1.165, 1.54) is 7.11 Å². The molecular weight excluding hydrogens is 278 g/mol. The molecule has 1 aromatic rings. The molecule has 0 spiro atoms. The molecule has 6 nitrogen and oxygen atoms in total. The molecule has 1 rings (SSSR count). The molecule has 7 heteroatoms. The Morgan fingerprint density at radius 1 is 1.30 bits per heavy atom. The van der Waals surface area contributed by atoms with Crippen molar-refractivity contribution in [2.24, 2.45) is 0 Å². The van der Waals surface area contributed by atoms with Crippen LogP contribution in [0.15, 0.2) is 0 Å². The van der Waals surface area contributed by atoms with Crippen molar-refractivity contribution >= 4 is 23.4 Å². The second-order valence-corrected chi connectivity index (χ2v) is 5.20. The molecule has 112 valence electrons. The lowest BCUT2D eigenvalue weighted by atomic mass is 10.2. The van der Waals surface area contributed by atoms with E-state index in [4.69, 9.17) is 0 Å². The van der Waals surface area contributed by atoms with Crippen molar-refractivity contribution in [3.05, 3.63) is 10.6 Å². The molecule has 0 bridgehead atoms. The third-order valence-electron chi connectivity index (χ3n) is 2.82. The summed E-state index contributed by atoms with van der Waals surface area (Å²) in [6.45, 7) is 2.64. The molecule has 0 atom stereocenters. The Morgan fingerprint density at radius 3 is 2.80 bits per heavy atom. The van der Waals surface area contributed by atoms with Gasteiger partial charge in [0.2, 0.25) is 0 Å². The Bertz CT molecular complexity index is 434. The lowest BCUT2D eigenvalue weighted by Crippen LogP contribution is -2.24. The Labute approximate surface area is 123 Å². The molecule has 1 heterocycles. The standard InChI is InChI=1S/C13H21N3O3S/c1-3-7-10-12(20-16-15-10)13(18)14-9-6-4-5-8-11(17)19-2/h3-9H2,1-2H3,(H,14,18). The first-order chi connectivity index (χ1) is 9.69. The minimum absolute atomic E-state index is 0.101. The maximum Gasteiger partial charge on any atom is 0.305 e. The number of esters is 1. The van der Waals surface area contributed by atoms with Gasteiger partial charge in [-0.1, -0.05) is 24.3 Å². The summed E-state index contributed by atoms with van der Waals surface area (Å²) in [7, 11) is 1.39. The molecule has 1 aromatic heterocycles. The monoisotopic (exact) mass is 299 g/mol. The van der Waals surface area contributed by atoms with E-state index in [-0.39, 0.29) is 11.9 Å². The van der Waals surface area contributed by atoms with E-state index in [9.17, 15) is 9.59 Å². The molecule has 0 fully saturated rings. The first kappa shape index (κ1) is 16.6. The van der Waals surface area contributed by atoms with Crippen LogP contribution in [-0.4, -0.2) is 35.1 Å². The van der Waals surface area contributed by atoms with E-state index < -0.39 is 0 Å². The predicted octanol–water partition coefficient (Wildman–Crippen LogP) is 1.95. The van der Waals surface area contributed by atoms with Gasteiger partial charge in [-0.05, 0) is 30.8 Å². The van der Waals surface area contributed by atoms with Crippen molar-refractivity contribution in [3.63, 3.8) is 0 Å². The van der Waals surface area contributed by atoms with E-state index in [1.807, 2.05) is 6.92 Å². The summed E-state index contributed by atoms with van der Waals surface area (Å²) in [5.41, 5.74) is 0.778. The molecule has 0 aromatic carbocycles. The number of hydrogen-bond donors (Lipinski definition) is 1. The maximum atomic E-state index is 11.9. The van der Waals surface area contributed by atoms with Crippen molar-refractivity contribution < 1.29 is 14.3 Å². The highest BCUT2D eigenvalue weighted by Gasteiger charge is 2.14. The number of aryl methyl sites for hydroxylation is 1. The molecule has 0 aliphatic heterocycles.